The zero-order chi connectivity index (χ0) is 20.4. The molecule has 2 aliphatic rings. The molecule has 0 fully saturated rings. The van der Waals surface area contributed by atoms with Gasteiger partial charge in [-0.1, -0.05) is 12.1 Å². The van der Waals surface area contributed by atoms with Crippen molar-refractivity contribution in [1.82, 2.24) is 5.48 Å². The van der Waals surface area contributed by atoms with Gasteiger partial charge in [0, 0.05) is 18.5 Å². The topological polar surface area (TPSA) is 73.6 Å². The quantitative estimate of drug-likeness (QED) is 0.645. The third kappa shape index (κ3) is 3.71. The lowest BCUT2D eigenvalue weighted by molar-refractivity contribution is -0.914. The molecule has 0 aliphatic carbocycles. The van der Waals surface area contributed by atoms with Crippen molar-refractivity contribution in [1.29, 1.82) is 0 Å². The number of fused-ring (bicyclic) bond motifs is 2. The van der Waals surface area contributed by atoms with Crippen LogP contribution in [0.15, 0.2) is 36.0 Å². The van der Waals surface area contributed by atoms with E-state index >= 15 is 0 Å². The number of rotatable bonds is 6. The lowest BCUT2D eigenvalue weighted by Gasteiger charge is -2.33. The number of methoxy groups -OCH3 is 2. The van der Waals surface area contributed by atoms with E-state index in [4.69, 9.17) is 18.9 Å². The molecule has 3 N–H and O–H groups in total. The van der Waals surface area contributed by atoms with Crippen LogP contribution in [0.5, 0.6) is 23.0 Å². The molecule has 29 heavy (non-hydrogen) atoms. The lowest BCUT2D eigenvalue weighted by atomic mass is 9.88. The minimum Gasteiger partial charge on any atom is -0.497 e. The van der Waals surface area contributed by atoms with Crippen molar-refractivity contribution in [2.75, 3.05) is 34.6 Å². The molecule has 7 nitrogen and oxygen atoms in total. The maximum atomic E-state index is 9.83. The SMILES string of the molecule is COc1cccc(/C=C(\C[C@@H]2c3c(cc4c(c3OC)OCO4)CC[NH+]2C)NO)c1. The van der Waals surface area contributed by atoms with Crippen LogP contribution in [0, 0.1) is 0 Å². The van der Waals surface area contributed by atoms with Gasteiger partial charge >= 0.3 is 0 Å². The number of quaternary nitrogens is 1. The minimum absolute atomic E-state index is 0.0970. The van der Waals surface area contributed by atoms with Crippen LogP contribution >= 0.6 is 0 Å². The van der Waals surface area contributed by atoms with Crippen LogP contribution in [0.25, 0.3) is 6.08 Å². The first kappa shape index (κ1) is 19.4. The molecule has 2 aliphatic heterocycles. The highest BCUT2D eigenvalue weighted by atomic mass is 16.7. The molecule has 1 unspecified atom stereocenters. The molecule has 0 saturated carbocycles. The molecule has 2 heterocycles. The lowest BCUT2D eigenvalue weighted by Crippen LogP contribution is -3.10. The summed E-state index contributed by atoms with van der Waals surface area (Å²) in [5.74, 6) is 2.92. The average Bonchev–Trinajstić information content (AvgIpc) is 3.21. The van der Waals surface area contributed by atoms with E-state index < -0.39 is 0 Å². The highest BCUT2D eigenvalue weighted by molar-refractivity contribution is 5.62. The Hall–Kier alpha value is -2.90. The zero-order valence-electron chi connectivity index (χ0n) is 17.0. The van der Waals surface area contributed by atoms with Crippen LogP contribution in [0.2, 0.25) is 0 Å². The predicted molar refractivity (Wildman–Crippen MR) is 108 cm³/mol. The summed E-state index contributed by atoms with van der Waals surface area (Å²) in [6.07, 6.45) is 3.48. The summed E-state index contributed by atoms with van der Waals surface area (Å²) in [6.45, 7) is 1.19. The van der Waals surface area contributed by atoms with Crippen molar-refractivity contribution >= 4 is 6.08 Å². The van der Waals surface area contributed by atoms with E-state index in [0.717, 1.165) is 47.0 Å². The average molecular weight is 399 g/mol. The van der Waals surface area contributed by atoms with E-state index in [9.17, 15) is 5.21 Å². The van der Waals surface area contributed by atoms with Crippen LogP contribution in [-0.4, -0.2) is 39.8 Å². The molecule has 0 saturated heterocycles. The van der Waals surface area contributed by atoms with E-state index in [0.29, 0.717) is 12.2 Å². The maximum Gasteiger partial charge on any atom is 0.231 e. The summed E-state index contributed by atoms with van der Waals surface area (Å²) in [5, 5.41) is 9.83. The summed E-state index contributed by atoms with van der Waals surface area (Å²) < 4.78 is 22.3. The Kier molecular flexibility index (Phi) is 5.51. The van der Waals surface area contributed by atoms with Gasteiger partial charge in [0.2, 0.25) is 12.5 Å². The number of hydrogen-bond donors (Lipinski definition) is 3. The summed E-state index contributed by atoms with van der Waals surface area (Å²) in [4.78, 5) is 1.35. The van der Waals surface area contributed by atoms with Gasteiger partial charge in [0.1, 0.15) is 11.8 Å². The van der Waals surface area contributed by atoms with Crippen LogP contribution in [0.4, 0.5) is 0 Å². The molecular weight excluding hydrogens is 372 g/mol. The molecule has 2 aromatic rings. The predicted octanol–water partition coefficient (Wildman–Crippen LogP) is 1.95. The molecule has 154 valence electrons. The van der Waals surface area contributed by atoms with Gasteiger partial charge in [-0.3, -0.25) is 10.7 Å². The Morgan fingerprint density at radius 1 is 1.28 bits per heavy atom. The standard InChI is InChI=1S/C22H26N2O5/c1-24-8-7-15-11-19-21(29-13-28-19)22(27-3)20(15)18(24)12-16(23-25)9-14-5-4-6-17(10-14)26-2/h4-6,9-11,18,23,25H,7-8,12-13H2,1-3H3/p+1/b16-9+/t18-/m1/s1. The largest absolute Gasteiger partial charge is 0.497 e. The van der Waals surface area contributed by atoms with Gasteiger partial charge in [-0.2, -0.15) is 0 Å². The molecule has 0 radical (unpaired) electrons. The number of ether oxygens (including phenoxy) is 4. The van der Waals surface area contributed by atoms with Crippen LogP contribution < -0.4 is 29.3 Å². The Balaban J connectivity index is 1.71. The molecule has 0 aromatic heterocycles. The molecule has 2 atom stereocenters. The van der Waals surface area contributed by atoms with Crippen molar-refractivity contribution in [3.8, 4) is 23.0 Å². The molecule has 4 rings (SSSR count). The van der Waals surface area contributed by atoms with Crippen LogP contribution in [-0.2, 0) is 6.42 Å². The van der Waals surface area contributed by atoms with Gasteiger partial charge in [0.15, 0.2) is 11.5 Å². The molecule has 0 bridgehead atoms. The van der Waals surface area contributed by atoms with E-state index in [1.54, 1.807) is 14.2 Å². The highest BCUT2D eigenvalue weighted by Gasteiger charge is 2.36. The van der Waals surface area contributed by atoms with E-state index in [-0.39, 0.29) is 12.8 Å². The summed E-state index contributed by atoms with van der Waals surface area (Å²) in [7, 11) is 5.47. The fourth-order valence-corrected chi connectivity index (χ4v) is 4.19. The Morgan fingerprint density at radius 3 is 2.90 bits per heavy atom. The van der Waals surface area contributed by atoms with Gasteiger partial charge in [-0.05, 0) is 35.4 Å². The highest BCUT2D eigenvalue weighted by Crippen LogP contribution is 2.48. The van der Waals surface area contributed by atoms with Crippen molar-refractivity contribution in [2.45, 2.75) is 18.9 Å². The van der Waals surface area contributed by atoms with Gasteiger partial charge in [-0.15, -0.1) is 0 Å². The Labute approximate surface area is 170 Å². The van der Waals surface area contributed by atoms with Crippen molar-refractivity contribution < 1.29 is 29.1 Å². The molecule has 7 heteroatoms. The van der Waals surface area contributed by atoms with Gasteiger partial charge < -0.3 is 23.8 Å². The number of hydrogen-bond acceptors (Lipinski definition) is 6. The third-order valence-electron chi connectivity index (χ3n) is 5.68. The Bertz CT molecular complexity index is 928. The van der Waals surface area contributed by atoms with Crippen LogP contribution in [0.3, 0.4) is 0 Å². The number of hydroxylamine groups is 1. The molecule has 2 aromatic carbocycles. The molecular formula is C22H27N2O5+. The van der Waals surface area contributed by atoms with E-state index in [2.05, 4.69) is 18.6 Å². The molecule has 0 amide bonds. The Morgan fingerprint density at radius 2 is 2.14 bits per heavy atom. The first-order valence-corrected chi connectivity index (χ1v) is 9.71. The summed E-state index contributed by atoms with van der Waals surface area (Å²) in [5.41, 5.74) is 6.38. The second-order valence-electron chi connectivity index (χ2n) is 7.38. The smallest absolute Gasteiger partial charge is 0.231 e. The van der Waals surface area contributed by atoms with Crippen LogP contribution in [0.1, 0.15) is 29.2 Å². The fourth-order valence-electron chi connectivity index (χ4n) is 4.19. The van der Waals surface area contributed by atoms with Crippen molar-refractivity contribution in [3.63, 3.8) is 0 Å². The number of nitrogens with one attached hydrogen (secondary N) is 2. The zero-order valence-corrected chi connectivity index (χ0v) is 17.0. The number of benzene rings is 2. The monoisotopic (exact) mass is 399 g/mol. The summed E-state index contributed by atoms with van der Waals surface area (Å²) in [6, 6.07) is 9.89. The first-order chi connectivity index (χ1) is 14.1. The van der Waals surface area contributed by atoms with Gasteiger partial charge in [0.25, 0.3) is 0 Å². The summed E-state index contributed by atoms with van der Waals surface area (Å²) >= 11 is 0. The van der Waals surface area contributed by atoms with Gasteiger partial charge in [-0.25, -0.2) is 0 Å². The normalized spacial score (nSPS) is 20.2. The van der Waals surface area contributed by atoms with Crippen molar-refractivity contribution in [3.05, 3.63) is 52.7 Å². The van der Waals surface area contributed by atoms with E-state index in [1.165, 1.54) is 10.5 Å². The third-order valence-corrected chi connectivity index (χ3v) is 5.68. The van der Waals surface area contributed by atoms with Gasteiger partial charge in [0.05, 0.1) is 33.4 Å². The first-order valence-electron chi connectivity index (χ1n) is 9.71. The van der Waals surface area contributed by atoms with E-state index in [1.807, 2.05) is 30.3 Å². The fraction of sp³-hybridized carbons (Fsp3) is 0.364. The second kappa shape index (κ2) is 8.23. The maximum absolute atomic E-state index is 9.83. The number of likely N-dealkylation sites (N-methyl/N-ethyl adjacent to an activating group) is 1. The second-order valence-corrected chi connectivity index (χ2v) is 7.38. The van der Waals surface area contributed by atoms with Crippen molar-refractivity contribution in [2.24, 2.45) is 0 Å². The minimum atomic E-state index is 0.0970. The molecule has 0 spiro atoms.